The fourth-order valence-electron chi connectivity index (χ4n) is 5.32. The molecular formula is C28H30N2O. The van der Waals surface area contributed by atoms with E-state index in [1.807, 2.05) is 6.07 Å². The summed E-state index contributed by atoms with van der Waals surface area (Å²) in [7, 11) is 1.75. The molecule has 3 heteroatoms. The molecule has 0 amide bonds. The Morgan fingerprint density at radius 1 is 0.871 bits per heavy atom. The molecule has 3 heterocycles. The quantitative estimate of drug-likeness (QED) is 0.531. The highest BCUT2D eigenvalue weighted by molar-refractivity contribution is 5.94. The predicted molar refractivity (Wildman–Crippen MR) is 127 cm³/mol. The molecule has 0 aliphatic carbocycles. The van der Waals surface area contributed by atoms with Gasteiger partial charge in [-0.05, 0) is 54.8 Å². The molecule has 3 nitrogen and oxygen atoms in total. The third kappa shape index (κ3) is 4.15. The van der Waals surface area contributed by atoms with E-state index in [9.17, 15) is 0 Å². The zero-order chi connectivity index (χ0) is 21.0. The first-order valence-electron chi connectivity index (χ1n) is 11.3. The molecule has 31 heavy (non-hydrogen) atoms. The molecule has 0 aromatic heterocycles. The monoisotopic (exact) mass is 410 g/mol. The van der Waals surface area contributed by atoms with Crippen LogP contribution in [-0.2, 0) is 6.54 Å². The largest absolute Gasteiger partial charge is 0.497 e. The van der Waals surface area contributed by atoms with E-state index >= 15 is 0 Å². The molecule has 0 radical (unpaired) electrons. The van der Waals surface area contributed by atoms with E-state index in [0.717, 1.165) is 25.4 Å². The van der Waals surface area contributed by atoms with Crippen molar-refractivity contribution in [1.82, 2.24) is 4.90 Å². The Morgan fingerprint density at radius 2 is 1.55 bits per heavy atom. The molecule has 3 fully saturated rings. The van der Waals surface area contributed by atoms with Crippen molar-refractivity contribution < 1.29 is 4.74 Å². The summed E-state index contributed by atoms with van der Waals surface area (Å²) in [6.07, 6.45) is 2.45. The van der Waals surface area contributed by atoms with Gasteiger partial charge in [0.1, 0.15) is 5.75 Å². The fourth-order valence-corrected chi connectivity index (χ4v) is 5.32. The van der Waals surface area contributed by atoms with Crippen LogP contribution in [0.25, 0.3) is 0 Å². The average molecular weight is 411 g/mol. The lowest BCUT2D eigenvalue weighted by molar-refractivity contribution is 0.135. The summed E-state index contributed by atoms with van der Waals surface area (Å²) < 4.78 is 5.58. The van der Waals surface area contributed by atoms with Gasteiger partial charge in [-0.1, -0.05) is 72.8 Å². The van der Waals surface area contributed by atoms with Crippen LogP contribution in [0.2, 0.25) is 0 Å². The lowest BCUT2D eigenvalue weighted by Crippen LogP contribution is -2.58. The number of hydrogen-bond acceptors (Lipinski definition) is 3. The molecule has 3 saturated heterocycles. The molecule has 2 atom stereocenters. The van der Waals surface area contributed by atoms with Crippen LogP contribution >= 0.6 is 0 Å². The number of methoxy groups -OCH3 is 1. The SMILES string of the molecule is COc1cccc(C(c2ccccc2)C2/C(=N/Cc3ccccc3)C3CCN2CC3)c1. The summed E-state index contributed by atoms with van der Waals surface area (Å²) in [6, 6.07) is 30.5. The predicted octanol–water partition coefficient (Wildman–Crippen LogP) is 5.56. The summed E-state index contributed by atoms with van der Waals surface area (Å²) in [6.45, 7) is 3.08. The number of piperidine rings is 3. The topological polar surface area (TPSA) is 24.8 Å². The zero-order valence-electron chi connectivity index (χ0n) is 18.2. The highest BCUT2D eigenvalue weighted by Gasteiger charge is 2.44. The van der Waals surface area contributed by atoms with Crippen molar-refractivity contribution in [3.63, 3.8) is 0 Å². The maximum absolute atomic E-state index is 5.58. The number of fused-ring (bicyclic) bond motifs is 3. The summed E-state index contributed by atoms with van der Waals surface area (Å²) >= 11 is 0. The van der Waals surface area contributed by atoms with Gasteiger partial charge in [-0.15, -0.1) is 0 Å². The van der Waals surface area contributed by atoms with Crippen LogP contribution in [-0.4, -0.2) is 36.9 Å². The van der Waals surface area contributed by atoms with E-state index in [4.69, 9.17) is 9.73 Å². The number of aliphatic imine (C=N–C) groups is 1. The summed E-state index contributed by atoms with van der Waals surface area (Å²) in [4.78, 5) is 7.94. The van der Waals surface area contributed by atoms with Gasteiger partial charge in [0.15, 0.2) is 0 Å². The maximum atomic E-state index is 5.58. The molecule has 0 spiro atoms. The van der Waals surface area contributed by atoms with Crippen molar-refractivity contribution >= 4 is 5.71 Å². The molecular weight excluding hydrogens is 380 g/mol. The van der Waals surface area contributed by atoms with E-state index < -0.39 is 0 Å². The molecule has 2 bridgehead atoms. The standard InChI is InChI=1S/C28H30N2O/c1-31-25-14-8-13-24(19-25)26(22-11-6-3-7-12-22)28-27(23-15-17-30(28)18-16-23)29-20-21-9-4-2-5-10-21/h2-14,19,23,26,28H,15-18,20H2,1H3/b29-27+. The fraction of sp³-hybridized carbons (Fsp3) is 0.321. The first-order chi connectivity index (χ1) is 15.3. The van der Waals surface area contributed by atoms with Crippen molar-refractivity contribution in [3.8, 4) is 5.75 Å². The Hall–Kier alpha value is -2.91. The molecule has 2 unspecified atom stereocenters. The number of nitrogens with zero attached hydrogens (tertiary/aromatic N) is 2. The third-order valence-electron chi connectivity index (χ3n) is 6.86. The lowest BCUT2D eigenvalue weighted by Gasteiger charge is -2.49. The molecule has 3 aliphatic rings. The van der Waals surface area contributed by atoms with Gasteiger partial charge in [0.05, 0.1) is 19.7 Å². The zero-order valence-corrected chi connectivity index (χ0v) is 18.2. The summed E-state index contributed by atoms with van der Waals surface area (Å²) in [5.41, 5.74) is 5.32. The van der Waals surface area contributed by atoms with Crippen LogP contribution in [0.15, 0.2) is 89.9 Å². The second kappa shape index (κ2) is 9.07. The first kappa shape index (κ1) is 20.0. The Labute approximate surface area is 185 Å². The van der Waals surface area contributed by atoms with Crippen LogP contribution in [0, 0.1) is 5.92 Å². The Bertz CT molecular complexity index is 1020. The normalized spacial score (nSPS) is 24.8. The average Bonchev–Trinajstić information content (AvgIpc) is 2.85. The Morgan fingerprint density at radius 3 is 2.26 bits per heavy atom. The molecule has 3 aliphatic heterocycles. The smallest absolute Gasteiger partial charge is 0.119 e. The van der Waals surface area contributed by atoms with Crippen LogP contribution in [0.3, 0.4) is 0 Å². The minimum absolute atomic E-state index is 0.244. The molecule has 6 rings (SSSR count). The van der Waals surface area contributed by atoms with Crippen molar-refractivity contribution in [2.45, 2.75) is 31.3 Å². The lowest BCUT2D eigenvalue weighted by atomic mass is 9.72. The van der Waals surface area contributed by atoms with Crippen LogP contribution in [0.1, 0.15) is 35.4 Å². The molecule has 0 N–H and O–H groups in total. The molecule has 3 aromatic rings. The van der Waals surface area contributed by atoms with Gasteiger partial charge in [-0.2, -0.15) is 0 Å². The number of rotatable bonds is 6. The van der Waals surface area contributed by atoms with Crippen LogP contribution < -0.4 is 4.74 Å². The van der Waals surface area contributed by atoms with E-state index in [1.165, 1.54) is 35.2 Å². The van der Waals surface area contributed by atoms with Gasteiger partial charge >= 0.3 is 0 Å². The minimum atomic E-state index is 0.244. The second-order valence-corrected chi connectivity index (χ2v) is 8.65. The molecule has 0 saturated carbocycles. The van der Waals surface area contributed by atoms with Crippen molar-refractivity contribution in [3.05, 3.63) is 102 Å². The molecule has 158 valence electrons. The van der Waals surface area contributed by atoms with Crippen molar-refractivity contribution in [2.75, 3.05) is 20.2 Å². The van der Waals surface area contributed by atoms with Crippen LogP contribution in [0.5, 0.6) is 5.75 Å². The number of benzene rings is 3. The third-order valence-corrected chi connectivity index (χ3v) is 6.86. The van der Waals surface area contributed by atoms with E-state index in [0.29, 0.717) is 12.0 Å². The van der Waals surface area contributed by atoms with Crippen LogP contribution in [0.4, 0.5) is 0 Å². The summed E-state index contributed by atoms with van der Waals surface area (Å²) in [5, 5.41) is 0. The van der Waals surface area contributed by atoms with Gasteiger partial charge in [-0.3, -0.25) is 9.89 Å². The van der Waals surface area contributed by atoms with Gasteiger partial charge in [0.2, 0.25) is 0 Å². The second-order valence-electron chi connectivity index (χ2n) is 8.65. The highest BCUT2D eigenvalue weighted by atomic mass is 16.5. The van der Waals surface area contributed by atoms with Crippen molar-refractivity contribution in [1.29, 1.82) is 0 Å². The van der Waals surface area contributed by atoms with E-state index in [1.54, 1.807) is 7.11 Å². The van der Waals surface area contributed by atoms with E-state index in [2.05, 4.69) is 83.8 Å². The van der Waals surface area contributed by atoms with Gasteiger partial charge in [0.25, 0.3) is 0 Å². The first-order valence-corrected chi connectivity index (χ1v) is 11.3. The van der Waals surface area contributed by atoms with Gasteiger partial charge < -0.3 is 4.74 Å². The summed E-state index contributed by atoms with van der Waals surface area (Å²) in [5.74, 6) is 1.75. The Kier molecular flexibility index (Phi) is 5.86. The Balaban J connectivity index is 1.58. The highest BCUT2D eigenvalue weighted by Crippen LogP contribution is 2.41. The maximum Gasteiger partial charge on any atom is 0.119 e. The molecule has 3 aromatic carbocycles. The van der Waals surface area contributed by atoms with Gasteiger partial charge in [-0.25, -0.2) is 0 Å². The number of ether oxygens (including phenoxy) is 1. The van der Waals surface area contributed by atoms with Gasteiger partial charge in [0, 0.05) is 17.5 Å². The van der Waals surface area contributed by atoms with E-state index in [-0.39, 0.29) is 5.92 Å². The number of hydrogen-bond donors (Lipinski definition) is 0. The minimum Gasteiger partial charge on any atom is -0.497 e. The van der Waals surface area contributed by atoms with Crippen molar-refractivity contribution in [2.24, 2.45) is 10.9 Å².